The second kappa shape index (κ2) is 50.5. The van der Waals surface area contributed by atoms with Crippen molar-refractivity contribution in [1.82, 2.24) is 5.32 Å². The number of amides is 1. The van der Waals surface area contributed by atoms with Crippen molar-refractivity contribution >= 4 is 11.9 Å². The first kappa shape index (κ1) is 67.4. The maximum atomic E-state index is 13.0. The lowest BCUT2D eigenvalue weighted by atomic mass is 9.99. The Balaban J connectivity index is 2.10. The number of hydrogen-bond donors (Lipinski definition) is 6. The van der Waals surface area contributed by atoms with Gasteiger partial charge in [-0.2, -0.15) is 0 Å². The van der Waals surface area contributed by atoms with Gasteiger partial charge in [-0.05, 0) is 89.9 Å². The summed E-state index contributed by atoms with van der Waals surface area (Å²) in [5.41, 5.74) is 0. The van der Waals surface area contributed by atoms with Crippen LogP contribution in [0.15, 0.2) is 60.8 Å². The molecular weight excluding hydrogens is 907 g/mol. The third-order valence-corrected chi connectivity index (χ3v) is 13.6. The molecule has 0 aromatic heterocycles. The van der Waals surface area contributed by atoms with Crippen molar-refractivity contribution in [1.29, 1.82) is 0 Å². The number of ether oxygens (including phenoxy) is 3. The standard InChI is InChI=1S/C61H109NO10/c1-3-5-7-9-11-13-15-16-25-29-33-37-41-45-49-57(66)70-50-46-42-38-34-30-26-23-21-19-17-18-20-22-24-28-32-36-40-44-48-56(65)62-53(52-71-61-60(69)59(68)58(67)55(51-63)72-61)54(64)47-43-39-35-31-27-14-12-10-8-6-4-2/h9,11,15-16,21,23,26,30,43,47,53-55,58-61,63-64,67-69H,3-8,10,12-14,17-20,22,24-25,27-29,31-42,44-46,48-52H2,1-2H3,(H,62,65)/b11-9-,16-15-,23-21-,30-26-,47-43+. The van der Waals surface area contributed by atoms with Gasteiger partial charge in [-0.25, -0.2) is 0 Å². The molecule has 1 heterocycles. The fourth-order valence-electron chi connectivity index (χ4n) is 8.85. The first-order chi connectivity index (χ1) is 35.2. The molecule has 1 saturated heterocycles. The second-order valence-corrected chi connectivity index (χ2v) is 20.4. The summed E-state index contributed by atoms with van der Waals surface area (Å²) in [5.74, 6) is -0.238. The third kappa shape index (κ3) is 39.8. The molecule has 7 atom stereocenters. The minimum atomic E-state index is -1.58. The Morgan fingerprint density at radius 3 is 1.53 bits per heavy atom. The van der Waals surface area contributed by atoms with Gasteiger partial charge in [0, 0.05) is 12.8 Å². The smallest absolute Gasteiger partial charge is 0.305 e. The average Bonchev–Trinajstić information content (AvgIpc) is 3.38. The van der Waals surface area contributed by atoms with E-state index in [1.165, 1.54) is 122 Å². The molecule has 1 fully saturated rings. The van der Waals surface area contributed by atoms with Crippen molar-refractivity contribution in [3.63, 3.8) is 0 Å². The summed E-state index contributed by atoms with van der Waals surface area (Å²) >= 11 is 0. The number of rotatable bonds is 50. The van der Waals surface area contributed by atoms with Crippen LogP contribution in [0, 0.1) is 0 Å². The van der Waals surface area contributed by atoms with E-state index < -0.39 is 49.5 Å². The van der Waals surface area contributed by atoms with Gasteiger partial charge in [0.15, 0.2) is 6.29 Å². The van der Waals surface area contributed by atoms with E-state index >= 15 is 0 Å². The second-order valence-electron chi connectivity index (χ2n) is 20.4. The summed E-state index contributed by atoms with van der Waals surface area (Å²) in [4.78, 5) is 25.1. The van der Waals surface area contributed by atoms with Crippen LogP contribution in [0.25, 0.3) is 0 Å². The molecule has 11 heteroatoms. The molecule has 0 aromatic carbocycles. The molecule has 0 aromatic rings. The molecule has 0 saturated carbocycles. The third-order valence-electron chi connectivity index (χ3n) is 13.6. The van der Waals surface area contributed by atoms with Crippen LogP contribution in [0.1, 0.15) is 251 Å². The molecule has 0 radical (unpaired) electrons. The van der Waals surface area contributed by atoms with E-state index in [2.05, 4.69) is 67.8 Å². The molecule has 0 aliphatic carbocycles. The van der Waals surface area contributed by atoms with Crippen LogP contribution >= 0.6 is 0 Å². The van der Waals surface area contributed by atoms with Gasteiger partial charge < -0.3 is 45.1 Å². The normalized spacial score (nSPS) is 19.5. The summed E-state index contributed by atoms with van der Waals surface area (Å²) in [6.45, 7) is 4.23. The Labute approximate surface area is 439 Å². The van der Waals surface area contributed by atoms with Crippen LogP contribution in [-0.2, 0) is 23.8 Å². The topological polar surface area (TPSA) is 175 Å². The quantitative estimate of drug-likeness (QED) is 0.0149. The van der Waals surface area contributed by atoms with E-state index in [1.807, 2.05) is 6.08 Å². The molecule has 1 aliphatic heterocycles. The number of hydrogen-bond acceptors (Lipinski definition) is 10. The fraction of sp³-hybridized carbons (Fsp3) is 0.803. The van der Waals surface area contributed by atoms with Gasteiger partial charge in [-0.15, -0.1) is 0 Å². The van der Waals surface area contributed by atoms with Crippen LogP contribution in [0.4, 0.5) is 0 Å². The molecular formula is C61H109NO10. The zero-order valence-corrected chi connectivity index (χ0v) is 45.9. The Bertz CT molecular complexity index is 1380. The van der Waals surface area contributed by atoms with Gasteiger partial charge in [-0.3, -0.25) is 9.59 Å². The lowest BCUT2D eigenvalue weighted by Crippen LogP contribution is -2.60. The molecule has 1 aliphatic rings. The SMILES string of the molecule is CCCC/C=C\C/C=C\CCCCCCCC(=O)OCCCCC/C=C\C=C/CCCCCCCCCCCCC(=O)NC(COC1OC(CO)C(O)C(O)C1O)C(O)/C=C/CCCCCCCCCCC. The molecule has 7 unspecified atom stereocenters. The lowest BCUT2D eigenvalue weighted by Gasteiger charge is -2.40. The molecule has 1 amide bonds. The Morgan fingerprint density at radius 1 is 0.528 bits per heavy atom. The molecule has 0 bridgehead atoms. The highest BCUT2D eigenvalue weighted by molar-refractivity contribution is 5.76. The van der Waals surface area contributed by atoms with Crippen LogP contribution in [0.5, 0.6) is 0 Å². The van der Waals surface area contributed by atoms with Crippen molar-refractivity contribution in [3.05, 3.63) is 60.8 Å². The van der Waals surface area contributed by atoms with Gasteiger partial charge >= 0.3 is 5.97 Å². The van der Waals surface area contributed by atoms with Crippen molar-refractivity contribution in [3.8, 4) is 0 Å². The summed E-state index contributed by atoms with van der Waals surface area (Å²) < 4.78 is 16.7. The highest BCUT2D eigenvalue weighted by Crippen LogP contribution is 2.23. The summed E-state index contributed by atoms with van der Waals surface area (Å²) in [6.07, 6.45) is 54.5. The zero-order chi connectivity index (χ0) is 52.4. The first-order valence-corrected chi connectivity index (χ1v) is 29.6. The van der Waals surface area contributed by atoms with E-state index in [-0.39, 0.29) is 18.5 Å². The first-order valence-electron chi connectivity index (χ1n) is 29.6. The molecule has 0 spiro atoms. The molecule has 11 nitrogen and oxygen atoms in total. The summed E-state index contributed by atoms with van der Waals surface area (Å²) in [7, 11) is 0. The van der Waals surface area contributed by atoms with E-state index in [1.54, 1.807) is 6.08 Å². The highest BCUT2D eigenvalue weighted by Gasteiger charge is 2.44. The number of aliphatic hydroxyl groups is 5. The van der Waals surface area contributed by atoms with Crippen LogP contribution in [0.2, 0.25) is 0 Å². The van der Waals surface area contributed by atoms with Gasteiger partial charge in [-0.1, -0.05) is 209 Å². The van der Waals surface area contributed by atoms with E-state index in [9.17, 15) is 35.1 Å². The number of aliphatic hydroxyl groups excluding tert-OH is 5. The Kier molecular flexibility index (Phi) is 47.3. The number of carbonyl (C=O) groups is 2. The van der Waals surface area contributed by atoms with Crippen LogP contribution < -0.4 is 5.32 Å². The number of unbranched alkanes of at least 4 members (excludes halogenated alkanes) is 29. The lowest BCUT2D eigenvalue weighted by molar-refractivity contribution is -0.302. The van der Waals surface area contributed by atoms with Crippen LogP contribution in [-0.4, -0.2) is 100 Å². The maximum absolute atomic E-state index is 13.0. The fourth-order valence-corrected chi connectivity index (χ4v) is 8.85. The van der Waals surface area contributed by atoms with E-state index in [4.69, 9.17) is 14.2 Å². The monoisotopic (exact) mass is 1020 g/mol. The number of nitrogens with one attached hydrogen (secondary N) is 1. The number of carbonyl (C=O) groups excluding carboxylic acids is 2. The van der Waals surface area contributed by atoms with Gasteiger partial charge in [0.05, 0.1) is 32.0 Å². The Morgan fingerprint density at radius 2 is 0.986 bits per heavy atom. The Hall–Kier alpha value is -2.64. The van der Waals surface area contributed by atoms with Gasteiger partial charge in [0.1, 0.15) is 24.4 Å². The average molecular weight is 1020 g/mol. The number of esters is 1. The minimum Gasteiger partial charge on any atom is -0.466 e. The molecule has 6 N–H and O–H groups in total. The summed E-state index contributed by atoms with van der Waals surface area (Å²) in [5, 5.41) is 54.3. The van der Waals surface area contributed by atoms with E-state index in [0.29, 0.717) is 19.4 Å². The van der Waals surface area contributed by atoms with Crippen molar-refractivity contribution in [2.45, 2.75) is 294 Å². The predicted octanol–water partition coefficient (Wildman–Crippen LogP) is 13.4. The molecule has 418 valence electrons. The maximum Gasteiger partial charge on any atom is 0.305 e. The van der Waals surface area contributed by atoms with Gasteiger partial charge in [0.25, 0.3) is 0 Å². The van der Waals surface area contributed by atoms with E-state index in [0.717, 1.165) is 103 Å². The molecule has 1 rings (SSSR count). The van der Waals surface area contributed by atoms with Crippen molar-refractivity contribution < 1.29 is 49.3 Å². The summed E-state index contributed by atoms with van der Waals surface area (Å²) in [6, 6.07) is -0.818. The van der Waals surface area contributed by atoms with Crippen molar-refractivity contribution in [2.24, 2.45) is 0 Å². The highest BCUT2D eigenvalue weighted by atomic mass is 16.7. The van der Waals surface area contributed by atoms with Crippen molar-refractivity contribution in [2.75, 3.05) is 19.8 Å². The zero-order valence-electron chi connectivity index (χ0n) is 45.9. The predicted molar refractivity (Wildman–Crippen MR) is 296 cm³/mol. The van der Waals surface area contributed by atoms with Gasteiger partial charge in [0.2, 0.25) is 5.91 Å². The van der Waals surface area contributed by atoms with Crippen LogP contribution in [0.3, 0.4) is 0 Å². The minimum absolute atomic E-state index is 0.0437. The molecule has 72 heavy (non-hydrogen) atoms. The largest absolute Gasteiger partial charge is 0.466 e. The number of allylic oxidation sites excluding steroid dienone is 9.